The molecule has 3 nitrogen and oxygen atoms in total. The molecule has 0 aliphatic carbocycles. The van der Waals surface area contributed by atoms with Crippen molar-refractivity contribution in [2.24, 2.45) is 0 Å². The minimum atomic E-state index is -0.356. The summed E-state index contributed by atoms with van der Waals surface area (Å²) in [5, 5.41) is 6.13. The second-order valence-electron chi connectivity index (χ2n) is 5.15. The van der Waals surface area contributed by atoms with Gasteiger partial charge in [0.1, 0.15) is 5.82 Å². The first kappa shape index (κ1) is 16.6. The molecule has 0 bridgehead atoms. The van der Waals surface area contributed by atoms with Crippen LogP contribution >= 0.6 is 0 Å². The van der Waals surface area contributed by atoms with Crippen LogP contribution in [-0.2, 0) is 4.79 Å². The maximum atomic E-state index is 13.7. The Morgan fingerprint density at radius 3 is 2.35 bits per heavy atom. The molecule has 0 heterocycles. The summed E-state index contributed by atoms with van der Waals surface area (Å²) in [5.74, 6) is -0.290. The Morgan fingerprint density at radius 2 is 1.80 bits per heavy atom. The lowest BCUT2D eigenvalue weighted by Crippen LogP contribution is -2.46. The van der Waals surface area contributed by atoms with Crippen molar-refractivity contribution in [3.05, 3.63) is 35.6 Å². The number of amides is 1. The standard InChI is InChI=1S/C16H25FN2O/c1-5-13(6-2)19-16(20)12(4)18-11(3)14-9-7-8-10-15(14)17/h7-13,18H,5-6H2,1-4H3,(H,19,20)/t11-,12?/m1/s1. The van der Waals surface area contributed by atoms with Crippen LogP contribution in [0.25, 0.3) is 0 Å². The fourth-order valence-electron chi connectivity index (χ4n) is 2.19. The Kier molecular flexibility index (Phi) is 6.65. The van der Waals surface area contributed by atoms with Crippen LogP contribution in [0.1, 0.15) is 52.1 Å². The summed E-state index contributed by atoms with van der Waals surface area (Å²) in [7, 11) is 0. The predicted molar refractivity (Wildman–Crippen MR) is 79.9 cm³/mol. The first-order valence-electron chi connectivity index (χ1n) is 7.30. The number of carbonyl (C=O) groups is 1. The normalized spacial score (nSPS) is 14.1. The maximum Gasteiger partial charge on any atom is 0.237 e. The van der Waals surface area contributed by atoms with Gasteiger partial charge in [-0.05, 0) is 32.8 Å². The molecule has 0 saturated heterocycles. The molecule has 2 N–H and O–H groups in total. The summed E-state index contributed by atoms with van der Waals surface area (Å²) < 4.78 is 13.7. The van der Waals surface area contributed by atoms with Crippen molar-refractivity contribution in [2.75, 3.05) is 0 Å². The SMILES string of the molecule is CCC(CC)NC(=O)C(C)N[C@H](C)c1ccccc1F. The summed E-state index contributed by atoms with van der Waals surface area (Å²) in [4.78, 5) is 12.1. The van der Waals surface area contributed by atoms with Crippen molar-refractivity contribution in [3.63, 3.8) is 0 Å². The predicted octanol–water partition coefficient (Wildman–Crippen LogP) is 3.17. The van der Waals surface area contributed by atoms with Gasteiger partial charge in [-0.1, -0.05) is 32.0 Å². The second kappa shape index (κ2) is 8.00. The Hall–Kier alpha value is -1.42. The van der Waals surface area contributed by atoms with Gasteiger partial charge < -0.3 is 5.32 Å². The van der Waals surface area contributed by atoms with Crippen molar-refractivity contribution in [2.45, 2.75) is 58.7 Å². The lowest BCUT2D eigenvalue weighted by atomic mass is 10.1. The number of halogens is 1. The quantitative estimate of drug-likeness (QED) is 0.805. The molecular formula is C16H25FN2O. The van der Waals surface area contributed by atoms with Crippen LogP contribution < -0.4 is 10.6 Å². The van der Waals surface area contributed by atoms with E-state index in [1.54, 1.807) is 25.1 Å². The molecule has 0 saturated carbocycles. The van der Waals surface area contributed by atoms with Crippen LogP contribution in [0.15, 0.2) is 24.3 Å². The fourth-order valence-corrected chi connectivity index (χ4v) is 2.19. The zero-order chi connectivity index (χ0) is 15.1. The largest absolute Gasteiger partial charge is 0.352 e. The topological polar surface area (TPSA) is 41.1 Å². The molecule has 0 aliphatic rings. The van der Waals surface area contributed by atoms with Gasteiger partial charge in [0.05, 0.1) is 6.04 Å². The van der Waals surface area contributed by atoms with Gasteiger partial charge in [0.25, 0.3) is 0 Å². The fraction of sp³-hybridized carbons (Fsp3) is 0.562. The van der Waals surface area contributed by atoms with Crippen molar-refractivity contribution in [1.29, 1.82) is 0 Å². The third-order valence-corrected chi connectivity index (χ3v) is 3.60. The number of nitrogens with one attached hydrogen (secondary N) is 2. The van der Waals surface area contributed by atoms with E-state index in [1.165, 1.54) is 6.07 Å². The molecule has 4 heteroatoms. The Balaban J connectivity index is 2.59. The highest BCUT2D eigenvalue weighted by Crippen LogP contribution is 2.16. The number of benzene rings is 1. The molecule has 112 valence electrons. The van der Waals surface area contributed by atoms with Gasteiger partial charge in [-0.15, -0.1) is 0 Å². The molecule has 2 atom stereocenters. The van der Waals surface area contributed by atoms with Crippen molar-refractivity contribution < 1.29 is 9.18 Å². The van der Waals surface area contributed by atoms with E-state index in [0.717, 1.165) is 12.8 Å². The Morgan fingerprint density at radius 1 is 1.20 bits per heavy atom. The lowest BCUT2D eigenvalue weighted by molar-refractivity contribution is -0.123. The summed E-state index contributed by atoms with van der Waals surface area (Å²) in [6.07, 6.45) is 1.83. The van der Waals surface area contributed by atoms with E-state index in [9.17, 15) is 9.18 Å². The molecule has 1 rings (SSSR count). The van der Waals surface area contributed by atoms with Crippen LogP contribution in [0.5, 0.6) is 0 Å². The number of carbonyl (C=O) groups excluding carboxylic acids is 1. The van der Waals surface area contributed by atoms with Gasteiger partial charge in [0.2, 0.25) is 5.91 Å². The van der Waals surface area contributed by atoms with Crippen molar-refractivity contribution >= 4 is 5.91 Å². The van der Waals surface area contributed by atoms with Gasteiger partial charge in [-0.2, -0.15) is 0 Å². The molecule has 0 fully saturated rings. The number of hydrogen-bond donors (Lipinski definition) is 2. The lowest BCUT2D eigenvalue weighted by Gasteiger charge is -2.23. The summed E-state index contributed by atoms with van der Waals surface area (Å²) in [6, 6.07) is 6.26. The van der Waals surface area contributed by atoms with Crippen molar-refractivity contribution in [1.82, 2.24) is 10.6 Å². The van der Waals surface area contributed by atoms with Crippen LogP contribution in [0.2, 0.25) is 0 Å². The number of rotatable bonds is 7. The van der Waals surface area contributed by atoms with Crippen molar-refractivity contribution in [3.8, 4) is 0 Å². The molecule has 1 aromatic rings. The van der Waals surface area contributed by atoms with Gasteiger partial charge in [0, 0.05) is 17.6 Å². The third-order valence-electron chi connectivity index (χ3n) is 3.60. The van der Waals surface area contributed by atoms with Crippen LogP contribution in [0.4, 0.5) is 4.39 Å². The first-order valence-corrected chi connectivity index (χ1v) is 7.30. The maximum absolute atomic E-state index is 13.7. The van der Waals surface area contributed by atoms with Crippen LogP contribution in [0, 0.1) is 5.82 Å². The average Bonchev–Trinajstić information content (AvgIpc) is 2.44. The van der Waals surface area contributed by atoms with E-state index in [2.05, 4.69) is 24.5 Å². The first-order chi connectivity index (χ1) is 9.49. The zero-order valence-electron chi connectivity index (χ0n) is 12.7. The molecule has 0 aliphatic heterocycles. The zero-order valence-corrected chi connectivity index (χ0v) is 12.7. The van der Waals surface area contributed by atoms with Gasteiger partial charge in [-0.25, -0.2) is 4.39 Å². The van der Waals surface area contributed by atoms with E-state index < -0.39 is 0 Å². The monoisotopic (exact) mass is 280 g/mol. The van der Waals surface area contributed by atoms with Gasteiger partial charge >= 0.3 is 0 Å². The average molecular weight is 280 g/mol. The smallest absolute Gasteiger partial charge is 0.237 e. The minimum absolute atomic E-state index is 0.0399. The van der Waals surface area contributed by atoms with Gasteiger partial charge in [0.15, 0.2) is 0 Å². The van der Waals surface area contributed by atoms with Crippen LogP contribution in [0.3, 0.4) is 0 Å². The highest BCUT2D eigenvalue weighted by atomic mass is 19.1. The molecule has 1 aromatic carbocycles. The molecule has 0 aromatic heterocycles. The summed E-state index contributed by atoms with van der Waals surface area (Å²) >= 11 is 0. The van der Waals surface area contributed by atoms with E-state index in [4.69, 9.17) is 0 Å². The van der Waals surface area contributed by atoms with E-state index in [1.807, 2.05) is 6.92 Å². The highest BCUT2D eigenvalue weighted by Gasteiger charge is 2.19. The Bertz CT molecular complexity index is 432. The Labute approximate surface area is 121 Å². The molecular weight excluding hydrogens is 255 g/mol. The summed E-state index contributed by atoms with van der Waals surface area (Å²) in [6.45, 7) is 7.76. The summed E-state index contributed by atoms with van der Waals surface area (Å²) in [5.41, 5.74) is 0.578. The van der Waals surface area contributed by atoms with E-state index in [0.29, 0.717) is 5.56 Å². The molecule has 0 radical (unpaired) electrons. The molecule has 0 spiro atoms. The molecule has 20 heavy (non-hydrogen) atoms. The van der Waals surface area contributed by atoms with Gasteiger partial charge in [-0.3, -0.25) is 10.1 Å². The van der Waals surface area contributed by atoms with Crippen LogP contribution in [-0.4, -0.2) is 18.0 Å². The molecule has 1 amide bonds. The number of hydrogen-bond acceptors (Lipinski definition) is 2. The van der Waals surface area contributed by atoms with E-state index >= 15 is 0 Å². The third kappa shape index (κ3) is 4.60. The van der Waals surface area contributed by atoms with E-state index in [-0.39, 0.29) is 29.8 Å². The second-order valence-corrected chi connectivity index (χ2v) is 5.15. The minimum Gasteiger partial charge on any atom is -0.352 e. The molecule has 1 unspecified atom stereocenters. The highest BCUT2D eigenvalue weighted by molar-refractivity contribution is 5.81.